The van der Waals surface area contributed by atoms with Crippen molar-refractivity contribution in [2.75, 3.05) is 5.32 Å². The van der Waals surface area contributed by atoms with Gasteiger partial charge in [-0.05, 0) is 49.5 Å². The normalized spacial score (nSPS) is 19.6. The van der Waals surface area contributed by atoms with Crippen LogP contribution in [0, 0.1) is 13.8 Å². The molecule has 0 aliphatic carbocycles. The summed E-state index contributed by atoms with van der Waals surface area (Å²) in [5, 5.41) is 11.1. The van der Waals surface area contributed by atoms with Gasteiger partial charge in [-0.1, -0.05) is 17.7 Å². The lowest BCUT2D eigenvalue weighted by molar-refractivity contribution is 0.992. The molecule has 1 N–H and O–H groups in total. The van der Waals surface area contributed by atoms with E-state index in [0.29, 0.717) is 4.32 Å². The van der Waals surface area contributed by atoms with Crippen molar-refractivity contribution in [3.63, 3.8) is 0 Å². The van der Waals surface area contributed by atoms with Gasteiger partial charge in [0.05, 0.1) is 0 Å². The Morgan fingerprint density at radius 1 is 1.40 bits per heavy atom. The predicted molar refractivity (Wildman–Crippen MR) is 68.4 cm³/mol. The minimum absolute atomic E-state index is 0.0705. The molecule has 0 radical (unpaired) electrons. The summed E-state index contributed by atoms with van der Waals surface area (Å²) in [4.78, 5) is 0. The summed E-state index contributed by atoms with van der Waals surface area (Å²) in [6, 6.07) is 6.27. The van der Waals surface area contributed by atoms with E-state index >= 15 is 0 Å². The molecule has 0 aromatic heterocycles. The van der Waals surface area contributed by atoms with Crippen LogP contribution >= 0.6 is 24.0 Å². The Morgan fingerprint density at radius 3 is 2.80 bits per heavy atom. The molecule has 1 aromatic carbocycles. The van der Waals surface area contributed by atoms with Crippen molar-refractivity contribution in [2.45, 2.75) is 19.3 Å². The highest BCUT2D eigenvalue weighted by molar-refractivity contribution is 8.23. The average molecular weight is 237 g/mol. The molecule has 1 atom stereocenters. The lowest BCUT2D eigenvalue weighted by Crippen LogP contribution is -2.10. The van der Waals surface area contributed by atoms with E-state index in [1.165, 1.54) is 22.9 Å². The second kappa shape index (κ2) is 4.28. The molecule has 0 saturated heterocycles. The molecule has 2 rings (SSSR count). The van der Waals surface area contributed by atoms with Gasteiger partial charge in [0.2, 0.25) is 0 Å². The fourth-order valence-electron chi connectivity index (χ4n) is 1.41. The van der Waals surface area contributed by atoms with Crippen molar-refractivity contribution >= 4 is 34.0 Å². The fourth-order valence-corrected chi connectivity index (χ4v) is 2.30. The van der Waals surface area contributed by atoms with Crippen LogP contribution in [0.25, 0.3) is 0 Å². The highest BCUT2D eigenvalue weighted by Crippen LogP contribution is 2.26. The average Bonchev–Trinajstić information content (AvgIpc) is 2.56. The van der Waals surface area contributed by atoms with Crippen LogP contribution in [0.2, 0.25) is 0 Å². The second-order valence-electron chi connectivity index (χ2n) is 3.41. The monoisotopic (exact) mass is 237 g/mol. The number of nitrogens with one attached hydrogen (secondary N) is 1. The molecule has 0 bridgehead atoms. The van der Waals surface area contributed by atoms with Gasteiger partial charge in [0, 0.05) is 5.69 Å². The van der Waals surface area contributed by atoms with Gasteiger partial charge < -0.3 is 5.32 Å². The van der Waals surface area contributed by atoms with E-state index in [1.54, 1.807) is 0 Å². The first kappa shape index (κ1) is 10.6. The van der Waals surface area contributed by atoms with Crippen LogP contribution in [-0.4, -0.2) is 9.82 Å². The van der Waals surface area contributed by atoms with Crippen LogP contribution in [0.3, 0.4) is 0 Å². The maximum absolute atomic E-state index is 4.93. The van der Waals surface area contributed by atoms with Crippen LogP contribution in [0.4, 0.5) is 5.69 Å². The lowest BCUT2D eigenvalue weighted by Gasteiger charge is -2.12. The number of azo groups is 1. The molecule has 3 nitrogen and oxygen atoms in total. The zero-order valence-corrected chi connectivity index (χ0v) is 10.2. The molecule has 0 spiro atoms. The molecule has 0 amide bonds. The number of benzene rings is 1. The van der Waals surface area contributed by atoms with Crippen molar-refractivity contribution in [2.24, 2.45) is 10.2 Å². The number of hydrogen-bond donors (Lipinski definition) is 1. The van der Waals surface area contributed by atoms with Gasteiger partial charge in [-0.2, -0.15) is 0 Å². The Kier molecular flexibility index (Phi) is 3.02. The van der Waals surface area contributed by atoms with Crippen molar-refractivity contribution in [3.05, 3.63) is 29.3 Å². The number of hydrogen-bond acceptors (Lipinski definition) is 4. The molecule has 1 unspecified atom stereocenters. The van der Waals surface area contributed by atoms with Crippen LogP contribution in [0.15, 0.2) is 28.4 Å². The molecular formula is C10H11N3S2. The maximum atomic E-state index is 4.93. The van der Waals surface area contributed by atoms with Crippen molar-refractivity contribution in [1.82, 2.24) is 0 Å². The van der Waals surface area contributed by atoms with Crippen LogP contribution in [0.1, 0.15) is 11.1 Å². The fraction of sp³-hybridized carbons (Fsp3) is 0.300. The lowest BCUT2D eigenvalue weighted by atomic mass is 10.1. The summed E-state index contributed by atoms with van der Waals surface area (Å²) in [6.07, 6.45) is 0. The minimum Gasteiger partial charge on any atom is -0.353 e. The first-order valence-corrected chi connectivity index (χ1v) is 5.89. The van der Waals surface area contributed by atoms with Crippen molar-refractivity contribution in [3.8, 4) is 0 Å². The summed E-state index contributed by atoms with van der Waals surface area (Å²) >= 11 is 6.39. The van der Waals surface area contributed by atoms with Crippen LogP contribution in [-0.2, 0) is 0 Å². The van der Waals surface area contributed by atoms with E-state index in [2.05, 4.69) is 47.6 Å². The van der Waals surface area contributed by atoms with E-state index < -0.39 is 0 Å². The molecule has 15 heavy (non-hydrogen) atoms. The van der Waals surface area contributed by atoms with Gasteiger partial charge in [-0.25, -0.2) is 0 Å². The number of nitrogens with zero attached hydrogens (tertiary/aromatic N) is 2. The Labute approximate surface area is 98.4 Å². The van der Waals surface area contributed by atoms with E-state index in [4.69, 9.17) is 12.2 Å². The van der Waals surface area contributed by atoms with E-state index in [1.807, 2.05) is 0 Å². The van der Waals surface area contributed by atoms with E-state index in [-0.39, 0.29) is 5.50 Å². The SMILES string of the molecule is Cc1ccc(NC2N=NC(=S)S2)c(C)c1. The Morgan fingerprint density at radius 2 is 2.20 bits per heavy atom. The quantitative estimate of drug-likeness (QED) is 0.800. The Balaban J connectivity index is 2.11. The second-order valence-corrected chi connectivity index (χ2v) is 5.13. The van der Waals surface area contributed by atoms with Gasteiger partial charge in [0.25, 0.3) is 0 Å². The number of thioether (sulfide) groups is 1. The maximum Gasteiger partial charge on any atom is 0.194 e. The van der Waals surface area contributed by atoms with Gasteiger partial charge in [-0.15, -0.1) is 10.2 Å². The molecule has 1 aromatic rings. The molecule has 0 saturated carbocycles. The summed E-state index contributed by atoms with van der Waals surface area (Å²) < 4.78 is 0.595. The summed E-state index contributed by atoms with van der Waals surface area (Å²) in [7, 11) is 0. The summed E-state index contributed by atoms with van der Waals surface area (Å²) in [5.41, 5.74) is 3.48. The highest BCUT2D eigenvalue weighted by Gasteiger charge is 2.17. The first-order chi connectivity index (χ1) is 7.15. The number of thiocarbonyl (C=S) groups is 1. The van der Waals surface area contributed by atoms with E-state index in [0.717, 1.165) is 5.69 Å². The largest absolute Gasteiger partial charge is 0.353 e. The minimum atomic E-state index is -0.0705. The van der Waals surface area contributed by atoms with Crippen LogP contribution in [0.5, 0.6) is 0 Å². The van der Waals surface area contributed by atoms with Gasteiger partial charge in [0.15, 0.2) is 9.82 Å². The topological polar surface area (TPSA) is 36.8 Å². The first-order valence-electron chi connectivity index (χ1n) is 4.60. The standard InChI is InChI=1S/C10H11N3S2/c1-6-3-4-8(7(2)5-6)11-9-12-13-10(14)15-9/h3-5,9,11H,1-2H3. The van der Waals surface area contributed by atoms with Crippen LogP contribution < -0.4 is 5.32 Å². The Bertz CT molecular complexity index is 429. The number of rotatable bonds is 2. The zero-order valence-electron chi connectivity index (χ0n) is 8.52. The number of aryl methyl sites for hydroxylation is 2. The van der Waals surface area contributed by atoms with Gasteiger partial charge >= 0.3 is 0 Å². The van der Waals surface area contributed by atoms with Gasteiger partial charge in [-0.3, -0.25) is 0 Å². The predicted octanol–water partition coefficient (Wildman–Crippen LogP) is 3.48. The molecule has 78 valence electrons. The Hall–Kier alpha value is -0.940. The molecule has 5 heteroatoms. The van der Waals surface area contributed by atoms with Crippen molar-refractivity contribution < 1.29 is 0 Å². The smallest absolute Gasteiger partial charge is 0.194 e. The zero-order chi connectivity index (χ0) is 10.8. The molecule has 0 fully saturated rings. The van der Waals surface area contributed by atoms with E-state index in [9.17, 15) is 0 Å². The number of anilines is 1. The molecule has 1 aliphatic heterocycles. The summed E-state index contributed by atoms with van der Waals surface area (Å²) in [5.74, 6) is 0. The summed E-state index contributed by atoms with van der Waals surface area (Å²) in [6.45, 7) is 4.15. The van der Waals surface area contributed by atoms with Crippen molar-refractivity contribution in [1.29, 1.82) is 0 Å². The molecule has 1 aliphatic rings. The van der Waals surface area contributed by atoms with Gasteiger partial charge in [0.1, 0.15) is 0 Å². The highest BCUT2D eigenvalue weighted by atomic mass is 32.2. The molecular weight excluding hydrogens is 226 g/mol. The third-order valence-electron chi connectivity index (χ3n) is 2.12. The third kappa shape index (κ3) is 2.54. The third-order valence-corrected chi connectivity index (χ3v) is 3.21. The molecule has 1 heterocycles.